The quantitative estimate of drug-likeness (QED) is 0.114. The summed E-state index contributed by atoms with van der Waals surface area (Å²) in [6.07, 6.45) is 0. The van der Waals surface area contributed by atoms with Gasteiger partial charge in [0.05, 0.1) is 10.6 Å². The van der Waals surface area contributed by atoms with E-state index < -0.39 is 4.92 Å². The van der Waals surface area contributed by atoms with Crippen LogP contribution in [0.5, 0.6) is 0 Å². The second-order valence-electron chi connectivity index (χ2n) is 10.1. The number of amides is 1. The molecule has 4 aromatic carbocycles. The summed E-state index contributed by atoms with van der Waals surface area (Å²) in [6, 6.07) is 26.0. The molecule has 0 unspecified atom stereocenters. The molecule has 0 aliphatic carbocycles. The highest BCUT2D eigenvalue weighted by molar-refractivity contribution is 7.98. The summed E-state index contributed by atoms with van der Waals surface area (Å²) >= 11 is 1.42. The summed E-state index contributed by atoms with van der Waals surface area (Å²) in [6.45, 7) is 2.11. The first-order chi connectivity index (χ1) is 21.4. The van der Waals surface area contributed by atoms with Crippen LogP contribution in [0.25, 0.3) is 17.1 Å². The number of thioether (sulfide) groups is 1. The summed E-state index contributed by atoms with van der Waals surface area (Å²) in [4.78, 5) is 27.5. The lowest BCUT2D eigenvalue weighted by molar-refractivity contribution is -0.384. The average Bonchev–Trinajstić information content (AvgIpc) is 3.48. The van der Waals surface area contributed by atoms with Gasteiger partial charge >= 0.3 is 0 Å². The molecule has 1 fully saturated rings. The molecule has 0 saturated carbocycles. The van der Waals surface area contributed by atoms with E-state index >= 15 is 0 Å². The van der Waals surface area contributed by atoms with Crippen LogP contribution in [0.4, 0.5) is 20.2 Å². The number of para-hydroxylation sites is 1. The molecule has 1 aliphatic rings. The standard InChI is InChI=1S/C32H26F2N6O3S/c33-25-11-15-26(16-12-25)39-30(23-9-13-27(14-10-23)40(42)43)35-36-32(39)44-21-22-5-7-24(8-6-22)31(41)38-19-17-37(18-20-38)29-4-2-1-3-28(29)34/h1-16H,17-21H2. The van der Waals surface area contributed by atoms with Gasteiger partial charge in [-0.15, -0.1) is 10.2 Å². The van der Waals surface area contributed by atoms with Gasteiger partial charge in [-0.2, -0.15) is 0 Å². The molecule has 9 nitrogen and oxygen atoms in total. The number of rotatable bonds is 8. The summed E-state index contributed by atoms with van der Waals surface area (Å²) in [7, 11) is 0. The van der Waals surface area contributed by atoms with Gasteiger partial charge in [0.1, 0.15) is 11.6 Å². The Kier molecular flexibility index (Phi) is 8.33. The molecule has 12 heteroatoms. The number of halogens is 2. The highest BCUT2D eigenvalue weighted by atomic mass is 32.2. The van der Waals surface area contributed by atoms with Crippen LogP contribution in [-0.4, -0.2) is 56.7 Å². The fourth-order valence-electron chi connectivity index (χ4n) is 5.04. The minimum atomic E-state index is -0.469. The number of carbonyl (C=O) groups excluding carboxylic acids is 1. The third kappa shape index (κ3) is 6.16. The van der Waals surface area contributed by atoms with Gasteiger partial charge < -0.3 is 9.80 Å². The Labute approximate surface area is 255 Å². The molecule has 1 aromatic heterocycles. The monoisotopic (exact) mass is 612 g/mol. The van der Waals surface area contributed by atoms with Crippen LogP contribution < -0.4 is 4.90 Å². The van der Waals surface area contributed by atoms with Crippen molar-refractivity contribution >= 4 is 29.0 Å². The van der Waals surface area contributed by atoms with Gasteiger partial charge in [0.2, 0.25) is 0 Å². The number of nitro groups is 1. The zero-order valence-electron chi connectivity index (χ0n) is 23.3. The maximum atomic E-state index is 14.2. The van der Waals surface area contributed by atoms with Gasteiger partial charge in [0.15, 0.2) is 11.0 Å². The Balaban J connectivity index is 1.14. The van der Waals surface area contributed by atoms with Crippen LogP contribution in [-0.2, 0) is 5.75 Å². The number of non-ortho nitro benzene ring substituents is 1. The van der Waals surface area contributed by atoms with E-state index in [1.165, 1.54) is 42.1 Å². The van der Waals surface area contributed by atoms with Gasteiger partial charge in [-0.3, -0.25) is 19.5 Å². The number of nitro benzene ring substituents is 1. The minimum absolute atomic E-state index is 0.0389. The van der Waals surface area contributed by atoms with E-state index in [1.807, 2.05) is 17.0 Å². The SMILES string of the molecule is O=C(c1ccc(CSc2nnc(-c3ccc([N+](=O)[O-])cc3)n2-c2ccc(F)cc2)cc1)N1CCN(c2ccccc2F)CC1. The third-order valence-corrected chi connectivity index (χ3v) is 8.38. The average molecular weight is 613 g/mol. The molecule has 2 heterocycles. The van der Waals surface area contributed by atoms with Crippen LogP contribution in [0.3, 0.4) is 0 Å². The smallest absolute Gasteiger partial charge is 0.269 e. The molecule has 1 amide bonds. The first-order valence-electron chi connectivity index (χ1n) is 13.8. The van der Waals surface area contributed by atoms with Crippen LogP contribution in [0, 0.1) is 21.7 Å². The topological polar surface area (TPSA) is 97.4 Å². The molecule has 0 radical (unpaired) electrons. The molecule has 5 aromatic rings. The second kappa shape index (κ2) is 12.6. The number of hydrogen-bond acceptors (Lipinski definition) is 7. The Morgan fingerprint density at radius 2 is 1.52 bits per heavy atom. The van der Waals surface area contributed by atoms with Gasteiger partial charge in [-0.05, 0) is 66.2 Å². The van der Waals surface area contributed by atoms with Crippen molar-refractivity contribution in [3.05, 3.63) is 130 Å². The van der Waals surface area contributed by atoms with E-state index in [1.54, 1.807) is 64.1 Å². The van der Waals surface area contributed by atoms with Crippen LogP contribution in [0.15, 0.2) is 102 Å². The number of carbonyl (C=O) groups is 1. The third-order valence-electron chi connectivity index (χ3n) is 7.38. The van der Waals surface area contributed by atoms with Crippen molar-refractivity contribution in [2.75, 3.05) is 31.1 Å². The van der Waals surface area contributed by atoms with Crippen molar-refractivity contribution < 1.29 is 18.5 Å². The van der Waals surface area contributed by atoms with Crippen molar-refractivity contribution in [3.8, 4) is 17.1 Å². The van der Waals surface area contributed by atoms with E-state index in [0.717, 1.165) is 5.56 Å². The summed E-state index contributed by atoms with van der Waals surface area (Å²) in [5, 5.41) is 20.4. The molecular formula is C32H26F2N6O3S. The lowest BCUT2D eigenvalue weighted by Gasteiger charge is -2.36. The van der Waals surface area contributed by atoms with E-state index in [9.17, 15) is 23.7 Å². The molecule has 222 valence electrons. The lowest BCUT2D eigenvalue weighted by atomic mass is 10.1. The van der Waals surface area contributed by atoms with E-state index in [-0.39, 0.29) is 23.2 Å². The zero-order chi connectivity index (χ0) is 30.6. The molecule has 6 rings (SSSR count). The van der Waals surface area contributed by atoms with E-state index in [0.29, 0.717) is 65.4 Å². The normalized spacial score (nSPS) is 13.2. The number of nitrogens with zero attached hydrogens (tertiary/aromatic N) is 6. The zero-order valence-corrected chi connectivity index (χ0v) is 24.2. The first kappa shape index (κ1) is 29.0. The van der Waals surface area contributed by atoms with Crippen LogP contribution in [0.2, 0.25) is 0 Å². The fourth-order valence-corrected chi connectivity index (χ4v) is 5.95. The van der Waals surface area contributed by atoms with Gasteiger partial charge in [0, 0.05) is 60.9 Å². The van der Waals surface area contributed by atoms with E-state index in [4.69, 9.17) is 0 Å². The van der Waals surface area contributed by atoms with Crippen LogP contribution >= 0.6 is 11.8 Å². The summed E-state index contributed by atoms with van der Waals surface area (Å²) < 4.78 is 29.7. The fraction of sp³-hybridized carbons (Fsp3) is 0.156. The Bertz CT molecular complexity index is 1790. The number of aromatic nitrogens is 3. The van der Waals surface area contributed by atoms with Crippen molar-refractivity contribution in [2.24, 2.45) is 0 Å². The van der Waals surface area contributed by atoms with Gasteiger partial charge in [0.25, 0.3) is 11.6 Å². The molecule has 1 aliphatic heterocycles. The molecule has 0 N–H and O–H groups in total. The van der Waals surface area contributed by atoms with Crippen molar-refractivity contribution in [1.29, 1.82) is 0 Å². The lowest BCUT2D eigenvalue weighted by Crippen LogP contribution is -2.49. The first-order valence-corrected chi connectivity index (χ1v) is 14.8. The van der Waals surface area contributed by atoms with Gasteiger partial charge in [-0.1, -0.05) is 36.0 Å². The minimum Gasteiger partial charge on any atom is -0.366 e. The predicted molar refractivity (Wildman–Crippen MR) is 164 cm³/mol. The highest BCUT2D eigenvalue weighted by Crippen LogP contribution is 2.31. The second-order valence-corrected chi connectivity index (χ2v) is 11.1. The molecule has 0 bridgehead atoms. The van der Waals surface area contributed by atoms with E-state index in [2.05, 4.69) is 10.2 Å². The molecule has 44 heavy (non-hydrogen) atoms. The molecule has 0 atom stereocenters. The van der Waals surface area contributed by atoms with Crippen LogP contribution in [0.1, 0.15) is 15.9 Å². The highest BCUT2D eigenvalue weighted by Gasteiger charge is 2.24. The van der Waals surface area contributed by atoms with Crippen molar-refractivity contribution in [2.45, 2.75) is 10.9 Å². The Morgan fingerprint density at radius 3 is 2.18 bits per heavy atom. The van der Waals surface area contributed by atoms with Gasteiger partial charge in [-0.25, -0.2) is 8.78 Å². The number of piperazine rings is 1. The number of benzene rings is 4. The molecule has 0 spiro atoms. The summed E-state index contributed by atoms with van der Waals surface area (Å²) in [5.74, 6) is 0.273. The Hall–Kier alpha value is -5.10. The Morgan fingerprint density at radius 1 is 0.841 bits per heavy atom. The molecular weight excluding hydrogens is 586 g/mol. The maximum absolute atomic E-state index is 14.2. The largest absolute Gasteiger partial charge is 0.366 e. The predicted octanol–water partition coefficient (Wildman–Crippen LogP) is 6.38. The summed E-state index contributed by atoms with van der Waals surface area (Å²) in [5.41, 5.74) is 3.31. The number of anilines is 1. The van der Waals surface area contributed by atoms with Crippen molar-refractivity contribution in [1.82, 2.24) is 19.7 Å². The van der Waals surface area contributed by atoms with Crippen molar-refractivity contribution in [3.63, 3.8) is 0 Å². The maximum Gasteiger partial charge on any atom is 0.269 e. The molecule has 1 saturated heterocycles. The number of hydrogen-bond donors (Lipinski definition) is 0.